The lowest BCUT2D eigenvalue weighted by molar-refractivity contribution is -0.0167. The van der Waals surface area contributed by atoms with E-state index in [4.69, 9.17) is 21.1 Å². The van der Waals surface area contributed by atoms with Gasteiger partial charge in [0.05, 0.1) is 17.7 Å². The molecule has 3 nitrogen and oxygen atoms in total. The van der Waals surface area contributed by atoms with Crippen molar-refractivity contribution in [2.45, 2.75) is 32.3 Å². The van der Waals surface area contributed by atoms with Crippen LogP contribution in [0.2, 0.25) is 0 Å². The number of para-hydroxylation sites is 1. The second kappa shape index (κ2) is 6.42. The van der Waals surface area contributed by atoms with E-state index >= 15 is 0 Å². The number of nitrogens with zero attached hydrogens (tertiary/aromatic N) is 1. The molecule has 0 unspecified atom stereocenters. The number of alkyl halides is 1. The van der Waals surface area contributed by atoms with E-state index in [9.17, 15) is 0 Å². The maximum Gasteiger partial charge on any atom is 0.214 e. The van der Waals surface area contributed by atoms with E-state index < -0.39 is 0 Å². The van der Waals surface area contributed by atoms with Crippen molar-refractivity contribution < 1.29 is 9.47 Å². The molecule has 20 heavy (non-hydrogen) atoms. The van der Waals surface area contributed by atoms with Gasteiger partial charge in [0.2, 0.25) is 5.88 Å². The van der Waals surface area contributed by atoms with Crippen LogP contribution < -0.4 is 4.74 Å². The molecule has 0 spiro atoms. The summed E-state index contributed by atoms with van der Waals surface area (Å²) in [5, 5.41) is 1.07. The Morgan fingerprint density at radius 3 is 2.60 bits per heavy atom. The number of aromatic nitrogens is 1. The molecule has 2 aromatic rings. The fourth-order valence-electron chi connectivity index (χ4n) is 1.90. The molecule has 0 aliphatic carbocycles. The smallest absolute Gasteiger partial charge is 0.214 e. The fourth-order valence-corrected chi connectivity index (χ4v) is 2.12. The summed E-state index contributed by atoms with van der Waals surface area (Å²) in [4.78, 5) is 4.48. The zero-order chi connectivity index (χ0) is 14.6. The maximum absolute atomic E-state index is 5.99. The lowest BCUT2D eigenvalue weighted by Crippen LogP contribution is -2.22. The van der Waals surface area contributed by atoms with Gasteiger partial charge in [0.25, 0.3) is 0 Å². The number of benzene rings is 1. The summed E-state index contributed by atoms with van der Waals surface area (Å²) in [6.45, 7) is 7.07. The molecule has 0 bridgehead atoms. The third-order valence-electron chi connectivity index (χ3n) is 2.79. The van der Waals surface area contributed by atoms with Gasteiger partial charge in [0.1, 0.15) is 6.61 Å². The van der Waals surface area contributed by atoms with Crippen LogP contribution in [0.4, 0.5) is 0 Å². The second-order valence-electron chi connectivity index (χ2n) is 5.58. The summed E-state index contributed by atoms with van der Waals surface area (Å²) in [7, 11) is 0. The molecular formula is C16H20ClNO2. The average molecular weight is 294 g/mol. The second-order valence-corrected chi connectivity index (χ2v) is 5.85. The Bertz CT molecular complexity index is 578. The molecule has 0 saturated heterocycles. The van der Waals surface area contributed by atoms with Crippen molar-refractivity contribution >= 4 is 22.5 Å². The van der Waals surface area contributed by atoms with Gasteiger partial charge in [-0.1, -0.05) is 18.2 Å². The van der Waals surface area contributed by atoms with Crippen molar-refractivity contribution in [3.63, 3.8) is 0 Å². The lowest BCUT2D eigenvalue weighted by atomic mass is 10.1. The van der Waals surface area contributed by atoms with E-state index in [0.717, 1.165) is 16.5 Å². The van der Waals surface area contributed by atoms with Crippen molar-refractivity contribution in [2.24, 2.45) is 0 Å². The number of ether oxygens (including phenoxy) is 2. The maximum atomic E-state index is 5.99. The first-order chi connectivity index (χ1) is 9.49. The van der Waals surface area contributed by atoms with Gasteiger partial charge in [-0.25, -0.2) is 4.98 Å². The van der Waals surface area contributed by atoms with Gasteiger partial charge in [-0.2, -0.15) is 0 Å². The largest absolute Gasteiger partial charge is 0.475 e. The highest BCUT2D eigenvalue weighted by molar-refractivity contribution is 6.18. The molecule has 0 radical (unpaired) electrons. The molecule has 4 heteroatoms. The predicted molar refractivity (Wildman–Crippen MR) is 82.5 cm³/mol. The van der Waals surface area contributed by atoms with Crippen molar-refractivity contribution in [1.29, 1.82) is 0 Å². The fraction of sp³-hybridized carbons (Fsp3) is 0.438. The van der Waals surface area contributed by atoms with E-state index in [1.165, 1.54) is 0 Å². The van der Waals surface area contributed by atoms with Crippen LogP contribution in [0, 0.1) is 0 Å². The number of hydrogen-bond donors (Lipinski definition) is 0. The van der Waals surface area contributed by atoms with Gasteiger partial charge < -0.3 is 9.47 Å². The van der Waals surface area contributed by atoms with Crippen LogP contribution in [0.5, 0.6) is 5.88 Å². The van der Waals surface area contributed by atoms with Gasteiger partial charge >= 0.3 is 0 Å². The first-order valence-electron chi connectivity index (χ1n) is 6.71. The molecule has 0 amide bonds. The predicted octanol–water partition coefficient (Wildman–Crippen LogP) is 4.17. The Morgan fingerprint density at radius 2 is 1.90 bits per heavy atom. The number of halogens is 1. The van der Waals surface area contributed by atoms with Gasteiger partial charge in [-0.05, 0) is 32.4 Å². The van der Waals surface area contributed by atoms with Crippen molar-refractivity contribution in [3.05, 3.63) is 35.9 Å². The van der Waals surface area contributed by atoms with Gasteiger partial charge in [0, 0.05) is 17.3 Å². The average Bonchev–Trinajstić information content (AvgIpc) is 2.41. The molecule has 0 aliphatic rings. The SMILES string of the molecule is CC(C)(C)OCCOc1cc(CCl)c2ccccc2n1. The van der Waals surface area contributed by atoms with Crippen LogP contribution in [0.3, 0.4) is 0 Å². The Morgan fingerprint density at radius 1 is 1.15 bits per heavy atom. The van der Waals surface area contributed by atoms with Crippen LogP contribution >= 0.6 is 11.6 Å². The first kappa shape index (κ1) is 15.1. The molecule has 0 fully saturated rings. The minimum absolute atomic E-state index is 0.151. The minimum atomic E-state index is -0.151. The highest BCUT2D eigenvalue weighted by atomic mass is 35.5. The Kier molecular flexibility index (Phi) is 4.84. The van der Waals surface area contributed by atoms with Crippen LogP contribution in [-0.4, -0.2) is 23.8 Å². The number of pyridine rings is 1. The molecule has 1 aromatic heterocycles. The van der Waals surface area contributed by atoms with Crippen LogP contribution in [0.15, 0.2) is 30.3 Å². The molecule has 1 aromatic carbocycles. The normalized spacial score (nSPS) is 11.8. The minimum Gasteiger partial charge on any atom is -0.475 e. The first-order valence-corrected chi connectivity index (χ1v) is 7.24. The highest BCUT2D eigenvalue weighted by Gasteiger charge is 2.10. The molecule has 0 N–H and O–H groups in total. The summed E-state index contributed by atoms with van der Waals surface area (Å²) >= 11 is 5.99. The molecule has 0 aliphatic heterocycles. The van der Waals surface area contributed by atoms with Crippen LogP contribution in [-0.2, 0) is 10.6 Å². The lowest BCUT2D eigenvalue weighted by Gasteiger charge is -2.19. The standard InChI is InChI=1S/C16H20ClNO2/c1-16(2,3)20-9-8-19-15-10-12(11-17)13-6-4-5-7-14(13)18-15/h4-7,10H,8-9,11H2,1-3H3. The summed E-state index contributed by atoms with van der Waals surface area (Å²) in [6.07, 6.45) is 0. The zero-order valence-electron chi connectivity index (χ0n) is 12.1. The summed E-state index contributed by atoms with van der Waals surface area (Å²) in [5.74, 6) is 1.04. The van der Waals surface area contributed by atoms with Crippen molar-refractivity contribution in [3.8, 4) is 5.88 Å². The molecule has 108 valence electrons. The zero-order valence-corrected chi connectivity index (χ0v) is 12.9. The Labute approximate surface area is 124 Å². The van der Waals surface area contributed by atoms with Gasteiger partial charge in [-0.3, -0.25) is 0 Å². The number of rotatable bonds is 5. The van der Waals surface area contributed by atoms with Crippen LogP contribution in [0.1, 0.15) is 26.3 Å². The van der Waals surface area contributed by atoms with Crippen LogP contribution in [0.25, 0.3) is 10.9 Å². The molecule has 0 atom stereocenters. The van der Waals surface area contributed by atoms with Gasteiger partial charge in [0.15, 0.2) is 0 Å². The van der Waals surface area contributed by atoms with E-state index in [0.29, 0.717) is 25.0 Å². The van der Waals surface area contributed by atoms with Crippen molar-refractivity contribution in [1.82, 2.24) is 4.98 Å². The summed E-state index contributed by atoms with van der Waals surface area (Å²) in [5.41, 5.74) is 1.78. The van der Waals surface area contributed by atoms with E-state index in [1.807, 2.05) is 51.1 Å². The number of fused-ring (bicyclic) bond motifs is 1. The van der Waals surface area contributed by atoms with Gasteiger partial charge in [-0.15, -0.1) is 11.6 Å². The number of hydrogen-bond acceptors (Lipinski definition) is 3. The van der Waals surface area contributed by atoms with E-state index in [1.54, 1.807) is 0 Å². The molecule has 1 heterocycles. The molecule has 2 rings (SSSR count). The van der Waals surface area contributed by atoms with E-state index in [-0.39, 0.29) is 5.60 Å². The van der Waals surface area contributed by atoms with Crippen molar-refractivity contribution in [2.75, 3.05) is 13.2 Å². The molecule has 0 saturated carbocycles. The summed E-state index contributed by atoms with van der Waals surface area (Å²) < 4.78 is 11.3. The Hall–Kier alpha value is -1.32. The third-order valence-corrected chi connectivity index (χ3v) is 3.08. The topological polar surface area (TPSA) is 31.4 Å². The molecular weight excluding hydrogens is 274 g/mol. The highest BCUT2D eigenvalue weighted by Crippen LogP contribution is 2.23. The summed E-state index contributed by atoms with van der Waals surface area (Å²) in [6, 6.07) is 9.82. The van der Waals surface area contributed by atoms with E-state index in [2.05, 4.69) is 4.98 Å². The monoisotopic (exact) mass is 293 g/mol. The quantitative estimate of drug-likeness (QED) is 0.612. The third kappa shape index (κ3) is 4.09. The Balaban J connectivity index is 2.07.